The fourth-order valence-electron chi connectivity index (χ4n) is 3.33. The average molecular weight is 446 g/mol. The van der Waals surface area contributed by atoms with Gasteiger partial charge < -0.3 is 24.3 Å². The maximum Gasteiger partial charge on any atom is 0.271 e. The molecule has 4 aromatic rings. The number of hydrogen-bond acceptors (Lipinski definition) is 7. The van der Waals surface area contributed by atoms with E-state index in [1.807, 2.05) is 6.07 Å². The smallest absolute Gasteiger partial charge is 0.271 e. The van der Waals surface area contributed by atoms with E-state index in [0.29, 0.717) is 50.8 Å². The second-order valence-corrected chi connectivity index (χ2v) is 6.98. The number of para-hydroxylation sites is 1. The highest BCUT2D eigenvalue weighted by atomic mass is 16.5. The Morgan fingerprint density at radius 3 is 2.45 bits per heavy atom. The summed E-state index contributed by atoms with van der Waals surface area (Å²) in [7, 11) is 4.59. The van der Waals surface area contributed by atoms with Crippen LogP contribution in [0.15, 0.2) is 59.7 Å². The Morgan fingerprint density at radius 2 is 1.73 bits per heavy atom. The summed E-state index contributed by atoms with van der Waals surface area (Å²) >= 11 is 0. The van der Waals surface area contributed by atoms with Crippen LogP contribution >= 0.6 is 0 Å². The number of methoxy groups -OCH3 is 3. The molecule has 3 N–H and O–H groups in total. The number of amides is 1. The van der Waals surface area contributed by atoms with E-state index in [2.05, 4.69) is 20.5 Å². The maximum atomic E-state index is 12.6. The number of carbonyl (C=O) groups is 1. The van der Waals surface area contributed by atoms with Crippen molar-refractivity contribution in [2.75, 3.05) is 21.3 Å². The molecule has 0 aliphatic carbocycles. The standard InChI is InChI=1S/C24H22N4O5/c1-31-20-12-22(33-3)21(32-2)11-15(20)13-25-28-24(30)14-8-9-17-18(10-14)27-23(26-17)16-6-4-5-7-19(16)29/h4-13,29H,1-3H3,(H,26,27)(H,28,30)/b25-13+. The number of nitrogens with zero attached hydrogens (tertiary/aromatic N) is 2. The second kappa shape index (κ2) is 9.31. The number of aromatic hydroxyl groups is 1. The van der Waals surface area contributed by atoms with Gasteiger partial charge in [0.25, 0.3) is 5.91 Å². The number of carbonyl (C=O) groups excluding carboxylic acids is 1. The zero-order valence-corrected chi connectivity index (χ0v) is 18.2. The number of ether oxygens (including phenoxy) is 3. The quantitative estimate of drug-likeness (QED) is 0.294. The molecule has 9 heteroatoms. The Bertz CT molecular complexity index is 1350. The summed E-state index contributed by atoms with van der Waals surface area (Å²) in [6.45, 7) is 0. The number of hydrogen-bond donors (Lipinski definition) is 3. The lowest BCUT2D eigenvalue weighted by Crippen LogP contribution is -2.17. The van der Waals surface area contributed by atoms with E-state index in [0.717, 1.165) is 0 Å². The summed E-state index contributed by atoms with van der Waals surface area (Å²) < 4.78 is 15.9. The molecular weight excluding hydrogens is 424 g/mol. The van der Waals surface area contributed by atoms with Crippen LogP contribution in [0.3, 0.4) is 0 Å². The van der Waals surface area contributed by atoms with E-state index in [4.69, 9.17) is 14.2 Å². The molecule has 0 fully saturated rings. The van der Waals surface area contributed by atoms with Crippen LogP contribution in [0.1, 0.15) is 15.9 Å². The molecular formula is C24H22N4O5. The van der Waals surface area contributed by atoms with E-state index in [1.165, 1.54) is 27.5 Å². The lowest BCUT2D eigenvalue weighted by atomic mass is 10.2. The fourth-order valence-corrected chi connectivity index (χ4v) is 3.33. The number of imidazole rings is 1. The SMILES string of the molecule is COc1cc(OC)c(OC)cc1/C=N/NC(=O)c1ccc2nc(-c3ccccc3O)[nH]c2c1. The molecule has 0 atom stereocenters. The van der Waals surface area contributed by atoms with Crippen molar-refractivity contribution in [2.45, 2.75) is 0 Å². The molecule has 0 radical (unpaired) electrons. The summed E-state index contributed by atoms with van der Waals surface area (Å²) in [4.78, 5) is 20.2. The summed E-state index contributed by atoms with van der Waals surface area (Å²) in [6, 6.07) is 15.3. The third kappa shape index (κ3) is 4.42. The summed E-state index contributed by atoms with van der Waals surface area (Å²) in [5, 5.41) is 14.1. The lowest BCUT2D eigenvalue weighted by molar-refractivity contribution is 0.0955. The molecule has 4 rings (SSSR count). The minimum absolute atomic E-state index is 0.120. The van der Waals surface area contributed by atoms with Gasteiger partial charge in [0, 0.05) is 17.2 Å². The van der Waals surface area contributed by atoms with Crippen molar-refractivity contribution in [3.05, 3.63) is 65.7 Å². The van der Waals surface area contributed by atoms with Gasteiger partial charge in [-0.05, 0) is 36.4 Å². The number of fused-ring (bicyclic) bond motifs is 1. The van der Waals surface area contributed by atoms with Crippen molar-refractivity contribution in [2.24, 2.45) is 5.10 Å². The van der Waals surface area contributed by atoms with E-state index in [1.54, 1.807) is 48.5 Å². The lowest BCUT2D eigenvalue weighted by Gasteiger charge is -2.11. The summed E-state index contributed by atoms with van der Waals surface area (Å²) in [5.41, 5.74) is 5.41. The number of rotatable bonds is 7. The molecule has 33 heavy (non-hydrogen) atoms. The van der Waals surface area contributed by atoms with Gasteiger partial charge in [0.05, 0.1) is 44.1 Å². The van der Waals surface area contributed by atoms with E-state index in [-0.39, 0.29) is 5.75 Å². The highest BCUT2D eigenvalue weighted by Gasteiger charge is 2.13. The normalized spacial score (nSPS) is 11.0. The number of H-pyrrole nitrogens is 1. The molecule has 9 nitrogen and oxygen atoms in total. The maximum absolute atomic E-state index is 12.6. The Balaban J connectivity index is 1.54. The van der Waals surface area contributed by atoms with Crippen LogP contribution in [0.2, 0.25) is 0 Å². The van der Waals surface area contributed by atoms with Gasteiger partial charge >= 0.3 is 0 Å². The highest BCUT2D eigenvalue weighted by molar-refractivity contribution is 5.98. The van der Waals surface area contributed by atoms with Crippen LogP contribution in [0.25, 0.3) is 22.4 Å². The van der Waals surface area contributed by atoms with Gasteiger partial charge in [-0.2, -0.15) is 5.10 Å². The number of aromatic nitrogens is 2. The zero-order chi connectivity index (χ0) is 23.4. The number of hydrazone groups is 1. The Morgan fingerprint density at radius 1 is 1.00 bits per heavy atom. The second-order valence-electron chi connectivity index (χ2n) is 6.98. The molecule has 0 saturated carbocycles. The number of nitrogens with one attached hydrogen (secondary N) is 2. The van der Waals surface area contributed by atoms with Gasteiger partial charge in [0.15, 0.2) is 11.5 Å². The predicted molar refractivity (Wildman–Crippen MR) is 124 cm³/mol. The summed E-state index contributed by atoms with van der Waals surface area (Å²) in [5.74, 6) is 1.78. The van der Waals surface area contributed by atoms with Gasteiger partial charge in [0.2, 0.25) is 0 Å². The van der Waals surface area contributed by atoms with Crippen molar-refractivity contribution in [1.29, 1.82) is 0 Å². The van der Waals surface area contributed by atoms with Gasteiger partial charge in [-0.15, -0.1) is 0 Å². The monoisotopic (exact) mass is 446 g/mol. The summed E-state index contributed by atoms with van der Waals surface area (Å²) in [6.07, 6.45) is 1.46. The molecule has 1 heterocycles. The fraction of sp³-hybridized carbons (Fsp3) is 0.125. The van der Waals surface area contributed by atoms with E-state index in [9.17, 15) is 9.90 Å². The number of phenols is 1. The van der Waals surface area contributed by atoms with Crippen LogP contribution in [0.4, 0.5) is 0 Å². The molecule has 0 bridgehead atoms. The van der Waals surface area contributed by atoms with Gasteiger partial charge in [-0.25, -0.2) is 10.4 Å². The first-order chi connectivity index (χ1) is 16.0. The van der Waals surface area contributed by atoms with Crippen molar-refractivity contribution in [1.82, 2.24) is 15.4 Å². The first-order valence-electron chi connectivity index (χ1n) is 9.95. The Labute approximate surface area is 189 Å². The number of benzene rings is 3. The zero-order valence-electron chi connectivity index (χ0n) is 18.2. The molecule has 0 unspecified atom stereocenters. The molecule has 3 aromatic carbocycles. The average Bonchev–Trinajstić information content (AvgIpc) is 3.27. The van der Waals surface area contributed by atoms with Gasteiger partial charge in [-0.3, -0.25) is 4.79 Å². The molecule has 1 amide bonds. The molecule has 0 spiro atoms. The Kier molecular flexibility index (Phi) is 6.12. The molecule has 0 aliphatic rings. The molecule has 0 aliphatic heterocycles. The minimum Gasteiger partial charge on any atom is -0.507 e. The Hall–Kier alpha value is -4.53. The van der Waals surface area contributed by atoms with Crippen LogP contribution in [-0.2, 0) is 0 Å². The van der Waals surface area contributed by atoms with Gasteiger partial charge in [0.1, 0.15) is 17.3 Å². The third-order valence-electron chi connectivity index (χ3n) is 5.01. The van der Waals surface area contributed by atoms with Crippen molar-refractivity contribution in [3.8, 4) is 34.4 Å². The van der Waals surface area contributed by atoms with E-state index < -0.39 is 5.91 Å². The molecule has 0 saturated heterocycles. The van der Waals surface area contributed by atoms with Crippen molar-refractivity contribution >= 4 is 23.2 Å². The molecule has 168 valence electrons. The van der Waals surface area contributed by atoms with Crippen LogP contribution in [-0.4, -0.2) is 48.5 Å². The van der Waals surface area contributed by atoms with Crippen LogP contribution in [0, 0.1) is 0 Å². The number of phenolic OH excluding ortho intramolecular Hbond substituents is 1. The number of aromatic amines is 1. The van der Waals surface area contributed by atoms with Crippen LogP contribution < -0.4 is 19.6 Å². The van der Waals surface area contributed by atoms with Gasteiger partial charge in [-0.1, -0.05) is 12.1 Å². The third-order valence-corrected chi connectivity index (χ3v) is 5.01. The largest absolute Gasteiger partial charge is 0.507 e. The minimum atomic E-state index is -0.397. The van der Waals surface area contributed by atoms with Crippen molar-refractivity contribution < 1.29 is 24.1 Å². The first-order valence-corrected chi connectivity index (χ1v) is 9.95. The topological polar surface area (TPSA) is 118 Å². The van der Waals surface area contributed by atoms with E-state index >= 15 is 0 Å². The van der Waals surface area contributed by atoms with Crippen molar-refractivity contribution in [3.63, 3.8) is 0 Å². The predicted octanol–water partition coefficient (Wildman–Crippen LogP) is 3.73. The van der Waals surface area contributed by atoms with Crippen LogP contribution in [0.5, 0.6) is 23.0 Å². The first kappa shape index (κ1) is 21.7. The highest BCUT2D eigenvalue weighted by Crippen LogP contribution is 2.33. The molecule has 1 aromatic heterocycles.